The molecule has 0 aromatic carbocycles. The van der Waals surface area contributed by atoms with Crippen LogP contribution < -0.4 is 15.5 Å². The van der Waals surface area contributed by atoms with Crippen LogP contribution in [0.2, 0.25) is 5.15 Å². The lowest BCUT2D eigenvalue weighted by molar-refractivity contribution is 0.0926. The smallest absolute Gasteiger partial charge is 0.254 e. The fraction of sp³-hybridized carbons (Fsp3) is 0.474. The van der Waals surface area contributed by atoms with Gasteiger partial charge in [-0.2, -0.15) is 4.98 Å². The van der Waals surface area contributed by atoms with Crippen molar-refractivity contribution in [2.45, 2.75) is 44.7 Å². The monoisotopic (exact) mass is 388 g/mol. The molecule has 2 aromatic heterocycles. The van der Waals surface area contributed by atoms with Crippen LogP contribution in [0.15, 0.2) is 24.5 Å². The Bertz CT molecular complexity index is 805. The van der Waals surface area contributed by atoms with Gasteiger partial charge in [0.25, 0.3) is 5.91 Å². The molecule has 2 N–H and O–H groups in total. The maximum atomic E-state index is 12.4. The molecule has 1 saturated carbocycles. The predicted molar refractivity (Wildman–Crippen MR) is 107 cm³/mol. The van der Waals surface area contributed by atoms with Gasteiger partial charge >= 0.3 is 0 Å². The van der Waals surface area contributed by atoms with Gasteiger partial charge < -0.3 is 15.5 Å². The van der Waals surface area contributed by atoms with Crippen LogP contribution in [0.5, 0.6) is 0 Å². The molecule has 144 valence electrons. The third kappa shape index (κ3) is 4.86. The topological polar surface area (TPSA) is 83.0 Å². The van der Waals surface area contributed by atoms with Gasteiger partial charge in [0.2, 0.25) is 5.95 Å². The van der Waals surface area contributed by atoms with Crippen molar-refractivity contribution in [3.8, 4) is 0 Å². The van der Waals surface area contributed by atoms with Gasteiger partial charge in [0, 0.05) is 44.1 Å². The number of halogens is 1. The Labute approximate surface area is 164 Å². The Hall–Kier alpha value is -2.41. The second-order valence-electron chi connectivity index (χ2n) is 7.10. The maximum absolute atomic E-state index is 12.4. The van der Waals surface area contributed by atoms with Crippen LogP contribution in [0.1, 0.15) is 41.6 Å². The Morgan fingerprint density at radius 2 is 1.89 bits per heavy atom. The van der Waals surface area contributed by atoms with Gasteiger partial charge in [-0.25, -0.2) is 9.97 Å². The highest BCUT2D eigenvalue weighted by Gasteiger charge is 2.24. The van der Waals surface area contributed by atoms with E-state index >= 15 is 0 Å². The van der Waals surface area contributed by atoms with Crippen molar-refractivity contribution in [2.24, 2.45) is 0 Å². The van der Waals surface area contributed by atoms with E-state index in [1.165, 1.54) is 0 Å². The Morgan fingerprint density at radius 3 is 2.56 bits per heavy atom. The average molecular weight is 389 g/mol. The van der Waals surface area contributed by atoms with Crippen molar-refractivity contribution in [1.29, 1.82) is 0 Å². The van der Waals surface area contributed by atoms with Gasteiger partial charge in [-0.15, -0.1) is 0 Å². The summed E-state index contributed by atoms with van der Waals surface area (Å²) in [6, 6.07) is 3.85. The maximum Gasteiger partial charge on any atom is 0.254 e. The zero-order valence-electron chi connectivity index (χ0n) is 15.9. The molecule has 3 rings (SSSR count). The van der Waals surface area contributed by atoms with Crippen molar-refractivity contribution < 1.29 is 4.79 Å². The first-order chi connectivity index (χ1) is 12.9. The number of hydrogen-bond donors (Lipinski definition) is 2. The summed E-state index contributed by atoms with van der Waals surface area (Å²) in [5, 5.41) is 6.72. The van der Waals surface area contributed by atoms with Crippen LogP contribution >= 0.6 is 11.6 Å². The molecule has 8 heteroatoms. The zero-order chi connectivity index (χ0) is 19.4. The van der Waals surface area contributed by atoms with Crippen LogP contribution in [-0.4, -0.2) is 47.0 Å². The number of aromatic nitrogens is 3. The quantitative estimate of drug-likeness (QED) is 0.766. The molecule has 1 fully saturated rings. The number of carbonyl (C=O) groups is 1. The molecule has 0 bridgehead atoms. The molecule has 1 aliphatic carbocycles. The van der Waals surface area contributed by atoms with E-state index < -0.39 is 0 Å². The van der Waals surface area contributed by atoms with E-state index in [9.17, 15) is 4.79 Å². The number of nitrogens with one attached hydrogen (secondary N) is 2. The molecule has 1 aliphatic rings. The first kappa shape index (κ1) is 19.4. The highest BCUT2D eigenvalue weighted by atomic mass is 35.5. The normalized spacial score (nSPS) is 19.4. The lowest BCUT2D eigenvalue weighted by atomic mass is 9.91. The zero-order valence-corrected chi connectivity index (χ0v) is 16.6. The molecule has 2 heterocycles. The van der Waals surface area contributed by atoms with Gasteiger partial charge in [-0.3, -0.25) is 4.79 Å². The van der Waals surface area contributed by atoms with Gasteiger partial charge in [0.15, 0.2) is 0 Å². The number of nitrogens with zero attached hydrogens (tertiary/aromatic N) is 4. The lowest BCUT2D eigenvalue weighted by Gasteiger charge is -2.30. The minimum Gasteiger partial charge on any atom is -0.362 e. The summed E-state index contributed by atoms with van der Waals surface area (Å²) >= 11 is 6.00. The molecular formula is C19H25ClN6O. The van der Waals surface area contributed by atoms with Crippen LogP contribution in [0.25, 0.3) is 0 Å². The third-order valence-corrected chi connectivity index (χ3v) is 5.07. The average Bonchev–Trinajstić information content (AvgIpc) is 2.65. The minimum absolute atomic E-state index is 0.142. The van der Waals surface area contributed by atoms with Crippen LogP contribution in [0.4, 0.5) is 11.8 Å². The van der Waals surface area contributed by atoms with Crippen LogP contribution in [0.3, 0.4) is 0 Å². The fourth-order valence-electron chi connectivity index (χ4n) is 3.34. The number of rotatable bonds is 5. The first-order valence-corrected chi connectivity index (χ1v) is 9.50. The summed E-state index contributed by atoms with van der Waals surface area (Å²) in [4.78, 5) is 27.3. The summed E-state index contributed by atoms with van der Waals surface area (Å²) in [5.74, 6) is 1.41. The number of hydrogen-bond acceptors (Lipinski definition) is 6. The van der Waals surface area contributed by atoms with E-state index in [0.29, 0.717) is 17.6 Å². The molecule has 1 amide bonds. The standard InChI is InChI=1S/C19H25ClN6O/c1-12-11-22-19(25-17(12)26(2)3)24-14-8-6-13(7-9-14)23-18(27)15-5-4-10-21-16(15)20/h4-5,10-11,13-14H,6-9H2,1-3H3,(H,23,27)(H,22,24,25)/t13-,14+. The molecule has 0 radical (unpaired) electrons. The van der Waals surface area contributed by atoms with Crippen LogP contribution in [0, 0.1) is 6.92 Å². The van der Waals surface area contributed by atoms with Crippen molar-refractivity contribution in [2.75, 3.05) is 24.3 Å². The Kier molecular flexibility index (Phi) is 6.11. The van der Waals surface area contributed by atoms with Crippen molar-refractivity contribution in [1.82, 2.24) is 20.3 Å². The second kappa shape index (κ2) is 8.52. The number of carbonyl (C=O) groups excluding carboxylic acids is 1. The summed E-state index contributed by atoms with van der Waals surface area (Å²) < 4.78 is 0. The van der Waals surface area contributed by atoms with Crippen LogP contribution in [-0.2, 0) is 0 Å². The molecule has 27 heavy (non-hydrogen) atoms. The third-order valence-electron chi connectivity index (χ3n) is 4.77. The largest absolute Gasteiger partial charge is 0.362 e. The SMILES string of the molecule is Cc1cnc(N[C@H]2CC[C@@H](NC(=O)c3cccnc3Cl)CC2)nc1N(C)C. The molecular weight excluding hydrogens is 364 g/mol. The molecule has 0 spiro atoms. The Balaban J connectivity index is 1.53. The Morgan fingerprint density at radius 1 is 1.19 bits per heavy atom. The predicted octanol–water partition coefficient (Wildman–Crippen LogP) is 3.05. The molecule has 0 saturated heterocycles. The number of aryl methyl sites for hydroxylation is 1. The number of anilines is 2. The molecule has 0 unspecified atom stereocenters. The van der Waals surface area contributed by atoms with Crippen molar-refractivity contribution >= 4 is 29.3 Å². The molecule has 7 nitrogen and oxygen atoms in total. The number of pyridine rings is 1. The van der Waals surface area contributed by atoms with E-state index in [2.05, 4.69) is 25.6 Å². The van der Waals surface area contributed by atoms with E-state index in [1.54, 1.807) is 18.3 Å². The summed E-state index contributed by atoms with van der Waals surface area (Å²) in [5.41, 5.74) is 1.47. The molecule has 2 aromatic rings. The summed E-state index contributed by atoms with van der Waals surface area (Å²) in [7, 11) is 3.95. The van der Waals surface area contributed by atoms with E-state index in [0.717, 1.165) is 37.1 Å². The molecule has 0 atom stereocenters. The van der Waals surface area contributed by atoms with Crippen molar-refractivity contribution in [3.05, 3.63) is 40.8 Å². The van der Waals surface area contributed by atoms with Gasteiger partial charge in [0.05, 0.1) is 5.56 Å². The fourth-order valence-corrected chi connectivity index (χ4v) is 3.54. The van der Waals surface area contributed by atoms with Gasteiger partial charge in [-0.05, 0) is 44.7 Å². The highest BCUT2D eigenvalue weighted by molar-refractivity contribution is 6.32. The lowest BCUT2D eigenvalue weighted by Crippen LogP contribution is -2.40. The summed E-state index contributed by atoms with van der Waals surface area (Å²) in [6.45, 7) is 2.00. The first-order valence-electron chi connectivity index (χ1n) is 9.13. The van der Waals surface area contributed by atoms with Gasteiger partial charge in [0.1, 0.15) is 11.0 Å². The number of amides is 1. The van der Waals surface area contributed by atoms with E-state index in [1.807, 2.05) is 32.1 Å². The van der Waals surface area contributed by atoms with E-state index in [4.69, 9.17) is 11.6 Å². The van der Waals surface area contributed by atoms with Gasteiger partial charge in [-0.1, -0.05) is 11.6 Å². The van der Waals surface area contributed by atoms with Crippen molar-refractivity contribution in [3.63, 3.8) is 0 Å². The second-order valence-corrected chi connectivity index (χ2v) is 7.46. The summed E-state index contributed by atoms with van der Waals surface area (Å²) in [6.07, 6.45) is 7.10. The van der Waals surface area contributed by atoms with E-state index in [-0.39, 0.29) is 17.1 Å². The highest BCUT2D eigenvalue weighted by Crippen LogP contribution is 2.23. The molecule has 0 aliphatic heterocycles. The minimum atomic E-state index is -0.165.